The van der Waals surface area contributed by atoms with Crippen molar-refractivity contribution in [2.45, 2.75) is 58.1 Å². The standard InChI is InChI=1S/C19H30N2O2/c1-16-10-6-8-14-21(16)15-9-7-13-20-19(22)17(2)23-18-11-4-3-5-12-18/h3-5,11-12,16-17H,6-10,13-15H2,1-2H3,(H,20,22). The van der Waals surface area contributed by atoms with Gasteiger partial charge in [-0.1, -0.05) is 24.6 Å². The van der Waals surface area contributed by atoms with Gasteiger partial charge in [0.1, 0.15) is 5.75 Å². The van der Waals surface area contributed by atoms with Gasteiger partial charge in [0, 0.05) is 12.6 Å². The molecule has 128 valence electrons. The number of carbonyl (C=O) groups excluding carboxylic acids is 1. The molecule has 1 N–H and O–H groups in total. The highest BCUT2D eigenvalue weighted by Gasteiger charge is 2.17. The topological polar surface area (TPSA) is 41.6 Å². The summed E-state index contributed by atoms with van der Waals surface area (Å²) in [7, 11) is 0. The fourth-order valence-corrected chi connectivity index (χ4v) is 3.04. The Kier molecular flexibility index (Phi) is 7.40. The molecule has 1 amide bonds. The molecular formula is C19H30N2O2. The average Bonchev–Trinajstić information content (AvgIpc) is 2.57. The lowest BCUT2D eigenvalue weighted by Gasteiger charge is -2.33. The van der Waals surface area contributed by atoms with Gasteiger partial charge in [0.2, 0.25) is 0 Å². The maximum absolute atomic E-state index is 12.0. The van der Waals surface area contributed by atoms with Crippen LogP contribution in [-0.4, -0.2) is 42.6 Å². The van der Waals surface area contributed by atoms with Crippen molar-refractivity contribution in [3.63, 3.8) is 0 Å². The maximum atomic E-state index is 12.0. The fraction of sp³-hybridized carbons (Fsp3) is 0.632. The van der Waals surface area contributed by atoms with Gasteiger partial charge < -0.3 is 15.0 Å². The minimum absolute atomic E-state index is 0.0415. The minimum atomic E-state index is -0.459. The van der Waals surface area contributed by atoms with Crippen LogP contribution in [0.4, 0.5) is 0 Å². The van der Waals surface area contributed by atoms with E-state index >= 15 is 0 Å². The van der Waals surface area contributed by atoms with Crippen LogP contribution in [0.25, 0.3) is 0 Å². The van der Waals surface area contributed by atoms with Crippen LogP contribution in [0.2, 0.25) is 0 Å². The minimum Gasteiger partial charge on any atom is -0.481 e. The Bertz CT molecular complexity index is 464. The molecule has 4 nitrogen and oxygen atoms in total. The van der Waals surface area contributed by atoms with Gasteiger partial charge in [-0.15, -0.1) is 0 Å². The third-order valence-corrected chi connectivity index (χ3v) is 4.54. The smallest absolute Gasteiger partial charge is 0.260 e. The molecular weight excluding hydrogens is 288 g/mol. The summed E-state index contributed by atoms with van der Waals surface area (Å²) >= 11 is 0. The molecule has 1 aliphatic rings. The van der Waals surface area contributed by atoms with Gasteiger partial charge >= 0.3 is 0 Å². The quantitative estimate of drug-likeness (QED) is 0.748. The normalized spacial score (nSPS) is 20.0. The van der Waals surface area contributed by atoms with Crippen LogP contribution in [0.3, 0.4) is 0 Å². The monoisotopic (exact) mass is 318 g/mol. The number of rotatable bonds is 8. The largest absolute Gasteiger partial charge is 0.481 e. The summed E-state index contributed by atoms with van der Waals surface area (Å²) in [5.41, 5.74) is 0. The van der Waals surface area contributed by atoms with E-state index in [1.54, 1.807) is 6.92 Å². The third kappa shape index (κ3) is 6.22. The van der Waals surface area contributed by atoms with E-state index in [0.29, 0.717) is 0 Å². The second kappa shape index (κ2) is 9.56. The second-order valence-electron chi connectivity index (χ2n) is 6.45. The van der Waals surface area contributed by atoms with Crippen LogP contribution in [0.5, 0.6) is 5.75 Å². The molecule has 0 spiro atoms. The summed E-state index contributed by atoms with van der Waals surface area (Å²) < 4.78 is 5.62. The molecule has 0 bridgehead atoms. The molecule has 1 aromatic carbocycles. The summed E-state index contributed by atoms with van der Waals surface area (Å²) in [6, 6.07) is 10.2. The first-order valence-electron chi connectivity index (χ1n) is 8.90. The number of para-hydroxylation sites is 1. The van der Waals surface area contributed by atoms with Crippen molar-refractivity contribution < 1.29 is 9.53 Å². The number of piperidine rings is 1. The highest BCUT2D eigenvalue weighted by molar-refractivity contribution is 5.80. The van der Waals surface area contributed by atoms with Crippen LogP contribution in [0.1, 0.15) is 46.0 Å². The Morgan fingerprint density at radius 1 is 1.30 bits per heavy atom. The molecule has 0 radical (unpaired) electrons. The van der Waals surface area contributed by atoms with Crippen molar-refractivity contribution in [1.82, 2.24) is 10.2 Å². The SMILES string of the molecule is CC(Oc1ccccc1)C(=O)NCCCCN1CCCCC1C. The first-order valence-corrected chi connectivity index (χ1v) is 8.90. The molecule has 2 atom stereocenters. The maximum Gasteiger partial charge on any atom is 0.260 e. The molecule has 1 aliphatic heterocycles. The molecule has 1 fully saturated rings. The number of hydrogen-bond donors (Lipinski definition) is 1. The van der Waals surface area contributed by atoms with Crippen LogP contribution in [0.15, 0.2) is 30.3 Å². The lowest BCUT2D eigenvalue weighted by Crippen LogP contribution is -2.39. The number of unbranched alkanes of at least 4 members (excludes halogenated alkanes) is 1. The van der Waals surface area contributed by atoms with E-state index in [1.165, 1.54) is 25.8 Å². The molecule has 0 aromatic heterocycles. The molecule has 0 aliphatic carbocycles. The molecule has 1 saturated heterocycles. The van der Waals surface area contributed by atoms with Gasteiger partial charge in [0.25, 0.3) is 5.91 Å². The average molecular weight is 318 g/mol. The molecule has 0 saturated carbocycles. The number of nitrogens with one attached hydrogen (secondary N) is 1. The van der Waals surface area contributed by atoms with Crippen molar-refractivity contribution in [2.24, 2.45) is 0 Å². The second-order valence-corrected chi connectivity index (χ2v) is 6.45. The van der Waals surface area contributed by atoms with E-state index in [0.717, 1.165) is 37.7 Å². The molecule has 4 heteroatoms. The van der Waals surface area contributed by atoms with Gasteiger partial charge in [-0.25, -0.2) is 0 Å². The summed E-state index contributed by atoms with van der Waals surface area (Å²) in [4.78, 5) is 14.6. The van der Waals surface area contributed by atoms with E-state index in [1.807, 2.05) is 30.3 Å². The Balaban J connectivity index is 1.57. The van der Waals surface area contributed by atoms with Gasteiger partial charge in [-0.05, 0) is 64.8 Å². The van der Waals surface area contributed by atoms with Gasteiger partial charge in [0.05, 0.1) is 0 Å². The lowest BCUT2D eigenvalue weighted by atomic mass is 10.0. The Morgan fingerprint density at radius 3 is 2.83 bits per heavy atom. The first-order chi connectivity index (χ1) is 11.2. The van der Waals surface area contributed by atoms with Crippen LogP contribution in [0, 0.1) is 0 Å². The summed E-state index contributed by atoms with van der Waals surface area (Å²) in [5.74, 6) is 0.689. The Hall–Kier alpha value is -1.55. The molecule has 2 unspecified atom stereocenters. The summed E-state index contributed by atoms with van der Waals surface area (Å²) in [6.07, 6.45) is 5.72. The van der Waals surface area contributed by atoms with Crippen molar-refractivity contribution >= 4 is 5.91 Å². The van der Waals surface area contributed by atoms with E-state index in [2.05, 4.69) is 17.1 Å². The van der Waals surface area contributed by atoms with Gasteiger partial charge in [-0.2, -0.15) is 0 Å². The van der Waals surface area contributed by atoms with Crippen molar-refractivity contribution in [2.75, 3.05) is 19.6 Å². The molecule has 1 aromatic rings. The number of nitrogens with zero attached hydrogens (tertiary/aromatic N) is 1. The highest BCUT2D eigenvalue weighted by Crippen LogP contribution is 2.16. The van der Waals surface area contributed by atoms with Crippen molar-refractivity contribution in [3.05, 3.63) is 30.3 Å². The number of likely N-dealkylation sites (tertiary alicyclic amines) is 1. The zero-order chi connectivity index (χ0) is 16.5. The number of ether oxygens (including phenoxy) is 1. The highest BCUT2D eigenvalue weighted by atomic mass is 16.5. The number of hydrogen-bond acceptors (Lipinski definition) is 3. The Morgan fingerprint density at radius 2 is 2.09 bits per heavy atom. The fourth-order valence-electron chi connectivity index (χ4n) is 3.04. The predicted molar refractivity (Wildman–Crippen MR) is 93.7 cm³/mol. The van der Waals surface area contributed by atoms with Crippen molar-refractivity contribution in [3.8, 4) is 5.75 Å². The van der Waals surface area contributed by atoms with E-state index in [-0.39, 0.29) is 5.91 Å². The molecule has 1 heterocycles. The van der Waals surface area contributed by atoms with Crippen LogP contribution in [-0.2, 0) is 4.79 Å². The summed E-state index contributed by atoms with van der Waals surface area (Å²) in [6.45, 7) is 7.22. The number of benzene rings is 1. The number of carbonyl (C=O) groups is 1. The van der Waals surface area contributed by atoms with E-state index < -0.39 is 6.10 Å². The molecule has 2 rings (SSSR count). The first kappa shape index (κ1) is 17.8. The number of amides is 1. The van der Waals surface area contributed by atoms with Crippen LogP contribution >= 0.6 is 0 Å². The van der Waals surface area contributed by atoms with Crippen molar-refractivity contribution in [1.29, 1.82) is 0 Å². The lowest BCUT2D eigenvalue weighted by molar-refractivity contribution is -0.127. The summed E-state index contributed by atoms with van der Waals surface area (Å²) in [5, 5.41) is 2.97. The van der Waals surface area contributed by atoms with Gasteiger partial charge in [0.15, 0.2) is 6.10 Å². The zero-order valence-electron chi connectivity index (χ0n) is 14.5. The van der Waals surface area contributed by atoms with E-state index in [9.17, 15) is 4.79 Å². The predicted octanol–water partition coefficient (Wildman–Crippen LogP) is 3.22. The molecule has 23 heavy (non-hydrogen) atoms. The van der Waals surface area contributed by atoms with E-state index in [4.69, 9.17) is 4.74 Å². The Labute approximate surface area is 140 Å². The van der Waals surface area contributed by atoms with Crippen LogP contribution < -0.4 is 10.1 Å². The van der Waals surface area contributed by atoms with Gasteiger partial charge in [-0.3, -0.25) is 4.79 Å². The third-order valence-electron chi connectivity index (χ3n) is 4.54. The zero-order valence-corrected chi connectivity index (χ0v) is 14.5.